The quantitative estimate of drug-likeness (QED) is 0.553. The zero-order valence-electron chi connectivity index (χ0n) is 14.2. The summed E-state index contributed by atoms with van der Waals surface area (Å²) in [5, 5.41) is 3.55. The highest BCUT2D eigenvalue weighted by Gasteiger charge is 2.11. The second-order valence-corrected chi connectivity index (χ2v) is 5.90. The van der Waals surface area contributed by atoms with Gasteiger partial charge in [-0.3, -0.25) is 0 Å². The fourth-order valence-corrected chi connectivity index (χ4v) is 2.75. The predicted octanol–water partition coefficient (Wildman–Crippen LogP) is 4.97. The second-order valence-electron chi connectivity index (χ2n) is 5.90. The van der Waals surface area contributed by atoms with E-state index >= 15 is 0 Å². The van der Waals surface area contributed by atoms with Gasteiger partial charge in [0.25, 0.3) is 0 Å². The van der Waals surface area contributed by atoms with Gasteiger partial charge in [0.1, 0.15) is 5.82 Å². The molecule has 0 aromatic carbocycles. The van der Waals surface area contributed by atoms with E-state index in [0.717, 1.165) is 18.1 Å². The number of hydrogen-bond donors (Lipinski definition) is 1. The summed E-state index contributed by atoms with van der Waals surface area (Å²) in [5.74, 6) is 0.867. The molecule has 1 N–H and O–H groups in total. The number of unbranched alkanes of at least 4 members (excludes halogenated alkanes) is 7. The first-order valence-electron chi connectivity index (χ1n) is 8.80. The Labute approximate surface area is 131 Å². The Morgan fingerprint density at radius 2 is 1.67 bits per heavy atom. The van der Waals surface area contributed by atoms with E-state index in [9.17, 15) is 0 Å². The molecule has 1 unspecified atom stereocenters. The summed E-state index contributed by atoms with van der Waals surface area (Å²) < 4.78 is 0. The lowest BCUT2D eigenvalue weighted by molar-refractivity contribution is 0.465. The molecular weight excluding hydrogens is 258 g/mol. The molecule has 0 spiro atoms. The Morgan fingerprint density at radius 1 is 1.00 bits per heavy atom. The molecule has 1 rings (SSSR count). The molecule has 0 aliphatic rings. The van der Waals surface area contributed by atoms with E-state index in [2.05, 4.69) is 29.1 Å². The van der Waals surface area contributed by atoms with Crippen LogP contribution in [0.2, 0.25) is 0 Å². The van der Waals surface area contributed by atoms with Crippen LogP contribution in [0.1, 0.15) is 89.2 Å². The molecule has 0 saturated carbocycles. The molecule has 1 aromatic rings. The maximum absolute atomic E-state index is 4.57. The first kappa shape index (κ1) is 18.1. The van der Waals surface area contributed by atoms with Gasteiger partial charge in [-0.1, -0.05) is 65.2 Å². The first-order chi connectivity index (χ1) is 10.3. The van der Waals surface area contributed by atoms with Gasteiger partial charge in [-0.2, -0.15) is 0 Å². The maximum atomic E-state index is 4.57. The average molecular weight is 291 g/mol. The van der Waals surface area contributed by atoms with Crippen LogP contribution in [-0.4, -0.2) is 16.5 Å². The summed E-state index contributed by atoms with van der Waals surface area (Å²) >= 11 is 0. The van der Waals surface area contributed by atoms with E-state index in [-0.39, 0.29) is 0 Å². The number of nitrogens with one attached hydrogen (secondary N) is 1. The topological polar surface area (TPSA) is 37.8 Å². The van der Waals surface area contributed by atoms with Crippen molar-refractivity contribution in [3.05, 3.63) is 23.8 Å². The van der Waals surface area contributed by atoms with Crippen LogP contribution in [0, 0.1) is 6.92 Å². The minimum absolute atomic E-state index is 0.386. The van der Waals surface area contributed by atoms with Crippen molar-refractivity contribution < 1.29 is 0 Å². The van der Waals surface area contributed by atoms with E-state index in [0.29, 0.717) is 6.04 Å². The number of rotatable bonds is 12. The highest BCUT2D eigenvalue weighted by atomic mass is 15.0. The minimum Gasteiger partial charge on any atom is -0.309 e. The largest absolute Gasteiger partial charge is 0.309 e. The molecule has 120 valence electrons. The van der Waals surface area contributed by atoms with Gasteiger partial charge in [-0.15, -0.1) is 0 Å². The minimum atomic E-state index is 0.386. The third-order valence-corrected chi connectivity index (χ3v) is 3.95. The van der Waals surface area contributed by atoms with Gasteiger partial charge >= 0.3 is 0 Å². The van der Waals surface area contributed by atoms with Gasteiger partial charge in [-0.25, -0.2) is 9.97 Å². The Balaban J connectivity index is 2.23. The van der Waals surface area contributed by atoms with Crippen LogP contribution in [0.15, 0.2) is 12.3 Å². The van der Waals surface area contributed by atoms with Crippen LogP contribution in [0.3, 0.4) is 0 Å². The third kappa shape index (κ3) is 8.15. The molecule has 0 aliphatic carbocycles. The van der Waals surface area contributed by atoms with E-state index < -0.39 is 0 Å². The number of hydrogen-bond acceptors (Lipinski definition) is 3. The fraction of sp³-hybridized carbons (Fsp3) is 0.778. The van der Waals surface area contributed by atoms with E-state index in [1.807, 2.05) is 19.2 Å². The molecule has 1 heterocycles. The van der Waals surface area contributed by atoms with Gasteiger partial charge in [0, 0.05) is 12.2 Å². The molecule has 0 saturated heterocycles. The summed E-state index contributed by atoms with van der Waals surface area (Å²) in [6, 6.07) is 2.43. The van der Waals surface area contributed by atoms with Gasteiger partial charge < -0.3 is 5.32 Å². The summed E-state index contributed by atoms with van der Waals surface area (Å²) in [4.78, 5) is 8.76. The molecule has 0 bridgehead atoms. The fourth-order valence-electron chi connectivity index (χ4n) is 2.75. The van der Waals surface area contributed by atoms with Gasteiger partial charge in [-0.05, 0) is 26.0 Å². The lowest BCUT2D eigenvalue weighted by Gasteiger charge is -2.17. The van der Waals surface area contributed by atoms with Crippen molar-refractivity contribution in [1.29, 1.82) is 0 Å². The van der Waals surface area contributed by atoms with Crippen LogP contribution in [0.4, 0.5) is 0 Å². The van der Waals surface area contributed by atoms with E-state index in [4.69, 9.17) is 0 Å². The van der Waals surface area contributed by atoms with Crippen molar-refractivity contribution in [2.45, 2.75) is 84.6 Å². The molecule has 3 nitrogen and oxygen atoms in total. The molecule has 0 amide bonds. The average Bonchev–Trinajstić information content (AvgIpc) is 2.49. The first-order valence-corrected chi connectivity index (χ1v) is 8.80. The predicted molar refractivity (Wildman–Crippen MR) is 90.4 cm³/mol. The Hall–Kier alpha value is -0.960. The third-order valence-electron chi connectivity index (χ3n) is 3.95. The summed E-state index contributed by atoms with van der Waals surface area (Å²) in [6.45, 7) is 7.39. The van der Waals surface area contributed by atoms with E-state index in [1.165, 1.54) is 57.8 Å². The number of aryl methyl sites for hydroxylation is 1. The highest BCUT2D eigenvalue weighted by molar-refractivity contribution is 5.07. The summed E-state index contributed by atoms with van der Waals surface area (Å²) in [7, 11) is 0. The Bertz CT molecular complexity index is 365. The lowest BCUT2D eigenvalue weighted by Crippen LogP contribution is -2.22. The number of nitrogens with zero attached hydrogens (tertiary/aromatic N) is 2. The normalized spacial score (nSPS) is 12.5. The molecule has 1 aromatic heterocycles. The monoisotopic (exact) mass is 291 g/mol. The number of aromatic nitrogens is 2. The smallest absolute Gasteiger partial charge is 0.125 e. The highest BCUT2D eigenvalue weighted by Crippen LogP contribution is 2.19. The molecule has 21 heavy (non-hydrogen) atoms. The molecule has 1 atom stereocenters. The summed E-state index contributed by atoms with van der Waals surface area (Å²) in [6.07, 6.45) is 14.0. The molecule has 0 fully saturated rings. The molecule has 0 aliphatic heterocycles. The lowest BCUT2D eigenvalue weighted by atomic mass is 10.0. The van der Waals surface area contributed by atoms with Crippen LogP contribution in [0.25, 0.3) is 0 Å². The molecule has 0 radical (unpaired) electrons. The van der Waals surface area contributed by atoms with Crippen molar-refractivity contribution in [3.8, 4) is 0 Å². The van der Waals surface area contributed by atoms with Crippen molar-refractivity contribution in [1.82, 2.24) is 15.3 Å². The van der Waals surface area contributed by atoms with Crippen molar-refractivity contribution in [2.75, 3.05) is 6.54 Å². The van der Waals surface area contributed by atoms with Crippen molar-refractivity contribution in [2.24, 2.45) is 0 Å². The Kier molecular flexibility index (Phi) is 10.1. The Morgan fingerprint density at radius 3 is 2.29 bits per heavy atom. The van der Waals surface area contributed by atoms with Gasteiger partial charge in [0.2, 0.25) is 0 Å². The molecular formula is C18H33N3. The van der Waals surface area contributed by atoms with Crippen LogP contribution >= 0.6 is 0 Å². The zero-order valence-corrected chi connectivity index (χ0v) is 14.2. The second kappa shape index (κ2) is 11.7. The van der Waals surface area contributed by atoms with Crippen molar-refractivity contribution >= 4 is 0 Å². The maximum Gasteiger partial charge on any atom is 0.125 e. The van der Waals surface area contributed by atoms with Gasteiger partial charge in [0.15, 0.2) is 0 Å². The van der Waals surface area contributed by atoms with Crippen LogP contribution in [0.5, 0.6) is 0 Å². The standard InChI is InChI=1S/C18H33N3/c1-4-6-7-8-9-10-11-12-13-17(19-5-2)18-14-15-20-16(3)21-18/h14-15,17,19H,4-13H2,1-3H3. The zero-order chi connectivity index (χ0) is 15.3. The van der Waals surface area contributed by atoms with E-state index in [1.54, 1.807) is 0 Å². The SMILES string of the molecule is CCCCCCCCCCC(NCC)c1ccnc(C)n1. The van der Waals surface area contributed by atoms with Crippen molar-refractivity contribution in [3.63, 3.8) is 0 Å². The van der Waals surface area contributed by atoms with Gasteiger partial charge in [0.05, 0.1) is 5.69 Å². The van der Waals surface area contributed by atoms with Crippen LogP contribution in [-0.2, 0) is 0 Å². The van der Waals surface area contributed by atoms with Crippen LogP contribution < -0.4 is 5.32 Å². The summed E-state index contributed by atoms with van der Waals surface area (Å²) in [5.41, 5.74) is 1.15. The molecule has 3 heteroatoms.